The number of alkyl halides is 2. The van der Waals surface area contributed by atoms with Crippen molar-refractivity contribution in [3.63, 3.8) is 0 Å². The Hall–Kier alpha value is 0.300. The second-order valence-corrected chi connectivity index (χ2v) is 3.86. The minimum Gasteiger partial charge on any atom is -0.298 e. The van der Waals surface area contributed by atoms with Crippen LogP contribution in [0.15, 0.2) is 0 Å². The molecule has 0 aliphatic heterocycles. The van der Waals surface area contributed by atoms with Crippen molar-refractivity contribution in [1.82, 2.24) is 0 Å². The zero-order valence-electron chi connectivity index (χ0n) is 6.49. The van der Waals surface area contributed by atoms with Crippen LogP contribution in [-0.2, 0) is 9.59 Å². The molecule has 0 radical (unpaired) electrons. The van der Waals surface area contributed by atoms with Crippen molar-refractivity contribution < 1.29 is 9.59 Å². The van der Waals surface area contributed by atoms with E-state index in [1.54, 1.807) is 13.8 Å². The Morgan fingerprint density at radius 2 is 1.36 bits per heavy atom. The summed E-state index contributed by atoms with van der Waals surface area (Å²) < 4.78 is 0. The van der Waals surface area contributed by atoms with Crippen molar-refractivity contribution in [2.75, 3.05) is 10.7 Å². The van der Waals surface area contributed by atoms with E-state index in [0.717, 1.165) is 0 Å². The monoisotopic (exact) mass is 284 g/mol. The van der Waals surface area contributed by atoms with Crippen molar-refractivity contribution >= 4 is 43.4 Å². The lowest BCUT2D eigenvalue weighted by Crippen LogP contribution is -2.35. The molecular weight excluding hydrogens is 276 g/mol. The van der Waals surface area contributed by atoms with Gasteiger partial charge >= 0.3 is 0 Å². The third kappa shape index (κ3) is 2.67. The lowest BCUT2D eigenvalue weighted by atomic mass is 9.85. The normalized spacial score (nSPS) is 11.3. The van der Waals surface area contributed by atoms with Gasteiger partial charge in [-0.1, -0.05) is 31.9 Å². The summed E-state index contributed by atoms with van der Waals surface area (Å²) in [6, 6.07) is 0. The first kappa shape index (κ1) is 11.3. The van der Waals surface area contributed by atoms with E-state index in [-0.39, 0.29) is 22.2 Å². The molecule has 64 valence electrons. The van der Waals surface area contributed by atoms with Gasteiger partial charge < -0.3 is 0 Å². The molecule has 0 atom stereocenters. The van der Waals surface area contributed by atoms with Gasteiger partial charge in [0.05, 0.1) is 16.1 Å². The first-order valence-corrected chi connectivity index (χ1v) is 5.39. The molecule has 0 aliphatic rings. The Bertz CT molecular complexity index is 157. The standard InChI is InChI=1S/C7H10Br2O2/c1-7(2,5(10)3-8)6(11)4-9/h3-4H2,1-2H3. The summed E-state index contributed by atoms with van der Waals surface area (Å²) in [5.41, 5.74) is -0.854. The van der Waals surface area contributed by atoms with Crippen molar-refractivity contribution in [2.24, 2.45) is 5.41 Å². The Morgan fingerprint density at radius 3 is 1.55 bits per heavy atom. The molecule has 0 saturated carbocycles. The SMILES string of the molecule is CC(C)(C(=O)CBr)C(=O)CBr. The van der Waals surface area contributed by atoms with Gasteiger partial charge in [0.2, 0.25) is 0 Å². The van der Waals surface area contributed by atoms with E-state index in [4.69, 9.17) is 0 Å². The summed E-state index contributed by atoms with van der Waals surface area (Å²) in [6.07, 6.45) is 0. The van der Waals surface area contributed by atoms with Crippen LogP contribution in [0, 0.1) is 5.41 Å². The molecule has 0 heterocycles. The molecular formula is C7H10Br2O2. The van der Waals surface area contributed by atoms with Gasteiger partial charge in [0, 0.05) is 0 Å². The Labute approximate surface area is 83.0 Å². The van der Waals surface area contributed by atoms with Gasteiger partial charge in [-0.05, 0) is 13.8 Å². The number of hydrogen-bond donors (Lipinski definition) is 0. The summed E-state index contributed by atoms with van der Waals surface area (Å²) in [4.78, 5) is 22.3. The molecule has 0 aromatic heterocycles. The van der Waals surface area contributed by atoms with Crippen LogP contribution in [0.25, 0.3) is 0 Å². The summed E-state index contributed by atoms with van der Waals surface area (Å²) in [6.45, 7) is 3.28. The highest BCUT2D eigenvalue weighted by atomic mass is 79.9. The summed E-state index contributed by atoms with van der Waals surface area (Å²) >= 11 is 6.06. The topological polar surface area (TPSA) is 34.1 Å². The van der Waals surface area contributed by atoms with Gasteiger partial charge in [0.1, 0.15) is 0 Å². The molecule has 0 rings (SSSR count). The van der Waals surface area contributed by atoms with E-state index in [1.807, 2.05) is 0 Å². The minimum atomic E-state index is -0.854. The van der Waals surface area contributed by atoms with E-state index in [9.17, 15) is 9.59 Å². The maximum Gasteiger partial charge on any atom is 0.156 e. The Kier molecular flexibility index (Phi) is 4.48. The van der Waals surface area contributed by atoms with E-state index in [2.05, 4.69) is 31.9 Å². The number of carbonyl (C=O) groups excluding carboxylic acids is 2. The number of carbonyl (C=O) groups is 2. The van der Waals surface area contributed by atoms with Gasteiger partial charge in [-0.3, -0.25) is 9.59 Å². The van der Waals surface area contributed by atoms with Crippen LogP contribution >= 0.6 is 31.9 Å². The highest BCUT2D eigenvalue weighted by molar-refractivity contribution is 9.09. The summed E-state index contributed by atoms with van der Waals surface area (Å²) in [5, 5.41) is 0.470. The second kappa shape index (κ2) is 4.36. The molecule has 0 aliphatic carbocycles. The fourth-order valence-corrected chi connectivity index (χ4v) is 1.89. The van der Waals surface area contributed by atoms with Gasteiger partial charge in [-0.25, -0.2) is 0 Å². The first-order chi connectivity index (χ1) is 4.96. The Morgan fingerprint density at radius 1 is 1.09 bits per heavy atom. The van der Waals surface area contributed by atoms with Crippen LogP contribution < -0.4 is 0 Å². The first-order valence-electron chi connectivity index (χ1n) is 3.15. The van der Waals surface area contributed by atoms with Crippen LogP contribution in [-0.4, -0.2) is 22.2 Å². The fourth-order valence-electron chi connectivity index (χ4n) is 0.490. The molecule has 4 heteroatoms. The van der Waals surface area contributed by atoms with Gasteiger partial charge in [0.15, 0.2) is 11.6 Å². The highest BCUT2D eigenvalue weighted by Gasteiger charge is 2.33. The van der Waals surface area contributed by atoms with Crippen LogP contribution in [0.4, 0.5) is 0 Å². The van der Waals surface area contributed by atoms with Crippen LogP contribution in [0.3, 0.4) is 0 Å². The molecule has 0 N–H and O–H groups in total. The third-order valence-electron chi connectivity index (χ3n) is 1.64. The van der Waals surface area contributed by atoms with Crippen molar-refractivity contribution in [3.05, 3.63) is 0 Å². The van der Waals surface area contributed by atoms with Crippen molar-refractivity contribution in [2.45, 2.75) is 13.8 Å². The van der Waals surface area contributed by atoms with Crippen LogP contribution in [0.5, 0.6) is 0 Å². The van der Waals surface area contributed by atoms with E-state index < -0.39 is 5.41 Å². The summed E-state index contributed by atoms with van der Waals surface area (Å²) in [7, 11) is 0. The lowest BCUT2D eigenvalue weighted by Gasteiger charge is -2.18. The maximum atomic E-state index is 11.1. The van der Waals surface area contributed by atoms with Gasteiger partial charge in [-0.2, -0.15) is 0 Å². The second-order valence-electron chi connectivity index (χ2n) is 2.74. The molecule has 0 aromatic rings. The maximum absolute atomic E-state index is 11.1. The Balaban J connectivity index is 4.44. The van der Waals surface area contributed by atoms with Crippen molar-refractivity contribution in [3.8, 4) is 0 Å². The number of rotatable bonds is 4. The molecule has 2 nitrogen and oxygen atoms in total. The molecule has 0 unspecified atom stereocenters. The zero-order valence-corrected chi connectivity index (χ0v) is 9.66. The number of hydrogen-bond acceptors (Lipinski definition) is 2. The highest BCUT2D eigenvalue weighted by Crippen LogP contribution is 2.20. The van der Waals surface area contributed by atoms with E-state index in [0.29, 0.717) is 0 Å². The number of halogens is 2. The molecule has 0 spiro atoms. The molecule has 0 bridgehead atoms. The predicted octanol–water partition coefficient (Wildman–Crippen LogP) is 1.94. The average Bonchev–Trinajstić information content (AvgIpc) is 2.01. The molecule has 0 amide bonds. The summed E-state index contributed by atoms with van der Waals surface area (Å²) in [5.74, 6) is -0.163. The molecule has 0 saturated heterocycles. The van der Waals surface area contributed by atoms with Gasteiger partial charge in [-0.15, -0.1) is 0 Å². The zero-order chi connectivity index (χ0) is 9.07. The van der Waals surface area contributed by atoms with E-state index in [1.165, 1.54) is 0 Å². The van der Waals surface area contributed by atoms with Gasteiger partial charge in [0.25, 0.3) is 0 Å². The predicted molar refractivity (Wildman–Crippen MR) is 51.4 cm³/mol. The van der Waals surface area contributed by atoms with Crippen molar-refractivity contribution in [1.29, 1.82) is 0 Å². The minimum absolute atomic E-state index is 0.0815. The number of Topliss-reactive ketones (excluding diaryl/α,β-unsaturated/α-hetero) is 2. The number of ketones is 2. The molecule has 0 aromatic carbocycles. The fraction of sp³-hybridized carbons (Fsp3) is 0.714. The van der Waals surface area contributed by atoms with Crippen LogP contribution in [0.1, 0.15) is 13.8 Å². The quantitative estimate of drug-likeness (QED) is 0.584. The third-order valence-corrected chi connectivity index (χ3v) is 2.66. The van der Waals surface area contributed by atoms with Crippen LogP contribution in [0.2, 0.25) is 0 Å². The molecule has 11 heavy (non-hydrogen) atoms. The smallest absolute Gasteiger partial charge is 0.156 e. The largest absolute Gasteiger partial charge is 0.298 e. The lowest BCUT2D eigenvalue weighted by molar-refractivity contribution is -0.135. The van der Waals surface area contributed by atoms with E-state index >= 15 is 0 Å². The average molecular weight is 286 g/mol. The molecule has 0 fully saturated rings.